The molecule has 4 nitrogen and oxygen atoms in total. The molecule has 0 spiro atoms. The maximum Gasteiger partial charge on any atom is 0.166 e. The molecule has 0 aliphatic heterocycles. The number of rotatable bonds is 3. The van der Waals surface area contributed by atoms with E-state index in [-0.39, 0.29) is 5.56 Å². The molecule has 1 heterocycles. The minimum absolute atomic E-state index is 0.0606. The van der Waals surface area contributed by atoms with Crippen molar-refractivity contribution in [2.75, 3.05) is 5.73 Å². The van der Waals surface area contributed by atoms with Gasteiger partial charge in [-0.1, -0.05) is 17.8 Å². The van der Waals surface area contributed by atoms with Crippen LogP contribution in [0.5, 0.6) is 0 Å². The SMILES string of the molecule is N#Cc1cc(CSc2nc3ccc(N)cc3[nH]2)ccc1F. The molecule has 21 heavy (non-hydrogen) atoms. The summed E-state index contributed by atoms with van der Waals surface area (Å²) in [5.41, 5.74) is 9.07. The molecule has 0 aliphatic carbocycles. The van der Waals surface area contributed by atoms with Gasteiger partial charge in [-0.15, -0.1) is 0 Å². The first-order valence-corrected chi connectivity index (χ1v) is 7.21. The number of fused-ring (bicyclic) bond motifs is 1. The topological polar surface area (TPSA) is 78.5 Å². The summed E-state index contributed by atoms with van der Waals surface area (Å²) in [7, 11) is 0. The van der Waals surface area contributed by atoms with Gasteiger partial charge in [0.05, 0.1) is 16.6 Å². The van der Waals surface area contributed by atoms with E-state index in [1.54, 1.807) is 18.2 Å². The predicted octanol–water partition coefficient (Wildman–Crippen LogP) is 3.45. The van der Waals surface area contributed by atoms with Gasteiger partial charge in [-0.05, 0) is 35.9 Å². The highest BCUT2D eigenvalue weighted by Crippen LogP contribution is 2.24. The van der Waals surface area contributed by atoms with Crippen molar-refractivity contribution in [3.63, 3.8) is 0 Å². The highest BCUT2D eigenvalue weighted by atomic mass is 32.2. The van der Waals surface area contributed by atoms with Crippen LogP contribution in [0.2, 0.25) is 0 Å². The lowest BCUT2D eigenvalue weighted by atomic mass is 10.1. The summed E-state index contributed by atoms with van der Waals surface area (Å²) in [6, 6.07) is 11.9. The van der Waals surface area contributed by atoms with Crippen molar-refractivity contribution in [3.05, 3.63) is 53.3 Å². The van der Waals surface area contributed by atoms with Gasteiger partial charge in [-0.2, -0.15) is 5.26 Å². The van der Waals surface area contributed by atoms with Gasteiger partial charge in [-0.25, -0.2) is 9.37 Å². The average Bonchev–Trinajstić information content (AvgIpc) is 2.88. The van der Waals surface area contributed by atoms with Crippen LogP contribution in [0, 0.1) is 17.1 Å². The van der Waals surface area contributed by atoms with E-state index in [0.717, 1.165) is 21.8 Å². The molecule has 104 valence electrons. The Bertz CT molecular complexity index is 850. The molecule has 6 heteroatoms. The second-order valence-electron chi connectivity index (χ2n) is 4.53. The summed E-state index contributed by atoms with van der Waals surface area (Å²) in [5, 5.41) is 9.58. The van der Waals surface area contributed by atoms with Crippen LogP contribution in [0.4, 0.5) is 10.1 Å². The quantitative estimate of drug-likeness (QED) is 0.573. The van der Waals surface area contributed by atoms with E-state index < -0.39 is 5.82 Å². The van der Waals surface area contributed by atoms with Crippen LogP contribution < -0.4 is 5.73 Å². The first-order chi connectivity index (χ1) is 10.2. The maximum atomic E-state index is 13.3. The molecular formula is C15H11FN4S. The van der Waals surface area contributed by atoms with Gasteiger partial charge in [0.25, 0.3) is 0 Å². The largest absolute Gasteiger partial charge is 0.399 e. The minimum atomic E-state index is -0.495. The zero-order valence-corrected chi connectivity index (χ0v) is 11.7. The smallest absolute Gasteiger partial charge is 0.166 e. The summed E-state index contributed by atoms with van der Waals surface area (Å²) >= 11 is 1.49. The van der Waals surface area contributed by atoms with Crippen LogP contribution in [-0.4, -0.2) is 9.97 Å². The first kappa shape index (κ1) is 13.5. The highest BCUT2D eigenvalue weighted by Gasteiger charge is 2.06. The van der Waals surface area contributed by atoms with Gasteiger partial charge in [0, 0.05) is 11.4 Å². The van der Waals surface area contributed by atoms with Crippen molar-refractivity contribution in [1.29, 1.82) is 5.26 Å². The number of nitrogens with zero attached hydrogens (tertiary/aromatic N) is 2. The van der Waals surface area contributed by atoms with Gasteiger partial charge >= 0.3 is 0 Å². The number of nitrogen functional groups attached to an aromatic ring is 1. The lowest BCUT2D eigenvalue weighted by Gasteiger charge is -2.00. The summed E-state index contributed by atoms with van der Waals surface area (Å²) < 4.78 is 13.3. The molecule has 0 saturated carbocycles. The van der Waals surface area contributed by atoms with E-state index >= 15 is 0 Å². The molecule has 1 aromatic heterocycles. The molecule has 0 bridgehead atoms. The second kappa shape index (κ2) is 5.46. The van der Waals surface area contributed by atoms with Gasteiger partial charge in [0.1, 0.15) is 11.9 Å². The Balaban J connectivity index is 1.78. The Morgan fingerprint density at radius 1 is 1.29 bits per heavy atom. The number of nitrogens with one attached hydrogen (secondary N) is 1. The van der Waals surface area contributed by atoms with E-state index in [1.165, 1.54) is 17.8 Å². The summed E-state index contributed by atoms with van der Waals surface area (Å²) in [6.07, 6.45) is 0. The predicted molar refractivity (Wildman–Crippen MR) is 81.2 cm³/mol. The monoisotopic (exact) mass is 298 g/mol. The normalized spacial score (nSPS) is 10.7. The maximum absolute atomic E-state index is 13.3. The molecule has 3 N–H and O–H groups in total. The molecule has 0 atom stereocenters. The Hall–Kier alpha value is -2.52. The van der Waals surface area contributed by atoms with Crippen molar-refractivity contribution >= 4 is 28.5 Å². The number of imidazole rings is 1. The minimum Gasteiger partial charge on any atom is -0.399 e. The third kappa shape index (κ3) is 2.83. The fourth-order valence-electron chi connectivity index (χ4n) is 1.97. The molecule has 0 fully saturated rings. The average molecular weight is 298 g/mol. The summed E-state index contributed by atoms with van der Waals surface area (Å²) in [6.45, 7) is 0. The van der Waals surface area contributed by atoms with Crippen LogP contribution in [0.25, 0.3) is 11.0 Å². The molecular weight excluding hydrogens is 287 g/mol. The number of aromatic nitrogens is 2. The number of H-pyrrole nitrogens is 1. The van der Waals surface area contributed by atoms with Crippen molar-refractivity contribution in [3.8, 4) is 6.07 Å². The Kier molecular flexibility index (Phi) is 3.50. The van der Waals surface area contributed by atoms with Crippen LogP contribution >= 0.6 is 11.8 Å². The Morgan fingerprint density at radius 3 is 2.95 bits per heavy atom. The number of thioether (sulfide) groups is 1. The second-order valence-corrected chi connectivity index (χ2v) is 5.50. The lowest BCUT2D eigenvalue weighted by Crippen LogP contribution is -1.88. The zero-order valence-electron chi connectivity index (χ0n) is 10.9. The number of benzene rings is 2. The summed E-state index contributed by atoms with van der Waals surface area (Å²) in [4.78, 5) is 7.62. The molecule has 3 aromatic rings. The first-order valence-electron chi connectivity index (χ1n) is 6.22. The van der Waals surface area contributed by atoms with Crippen molar-refractivity contribution in [1.82, 2.24) is 9.97 Å². The van der Waals surface area contributed by atoms with Gasteiger partial charge < -0.3 is 10.7 Å². The van der Waals surface area contributed by atoms with Crippen LogP contribution in [0.15, 0.2) is 41.6 Å². The zero-order chi connectivity index (χ0) is 14.8. The highest BCUT2D eigenvalue weighted by molar-refractivity contribution is 7.98. The number of anilines is 1. The van der Waals surface area contributed by atoms with Gasteiger partial charge in [0.2, 0.25) is 0 Å². The van der Waals surface area contributed by atoms with Crippen molar-refractivity contribution in [2.24, 2.45) is 0 Å². The van der Waals surface area contributed by atoms with Gasteiger partial charge in [-0.3, -0.25) is 0 Å². The third-order valence-corrected chi connectivity index (χ3v) is 3.96. The fourth-order valence-corrected chi connectivity index (χ4v) is 2.80. The van der Waals surface area contributed by atoms with Crippen molar-refractivity contribution < 1.29 is 4.39 Å². The van der Waals surface area contributed by atoms with E-state index in [4.69, 9.17) is 11.0 Å². The number of nitriles is 1. The van der Waals surface area contributed by atoms with Crippen LogP contribution in [-0.2, 0) is 5.75 Å². The van der Waals surface area contributed by atoms with E-state index in [1.807, 2.05) is 18.2 Å². The Morgan fingerprint density at radius 2 is 2.14 bits per heavy atom. The lowest BCUT2D eigenvalue weighted by molar-refractivity contribution is 0.623. The molecule has 0 saturated heterocycles. The van der Waals surface area contributed by atoms with Crippen LogP contribution in [0.3, 0.4) is 0 Å². The number of halogens is 1. The number of hydrogen-bond acceptors (Lipinski definition) is 4. The molecule has 3 rings (SSSR count). The van der Waals surface area contributed by atoms with Gasteiger partial charge in [0.15, 0.2) is 5.16 Å². The third-order valence-electron chi connectivity index (χ3n) is 3.01. The summed E-state index contributed by atoms with van der Waals surface area (Å²) in [5.74, 6) is 0.107. The molecule has 2 aromatic carbocycles. The van der Waals surface area contributed by atoms with E-state index in [0.29, 0.717) is 11.4 Å². The van der Waals surface area contributed by atoms with E-state index in [9.17, 15) is 4.39 Å². The van der Waals surface area contributed by atoms with Crippen molar-refractivity contribution in [2.45, 2.75) is 10.9 Å². The number of hydrogen-bond donors (Lipinski definition) is 2. The molecule has 0 radical (unpaired) electrons. The fraction of sp³-hybridized carbons (Fsp3) is 0.0667. The standard InChI is InChI=1S/C15H11FN4S/c16-12-3-1-9(5-10(12)7-17)8-21-15-19-13-4-2-11(18)6-14(13)20-15/h1-6H,8,18H2,(H,19,20). The number of nitrogens with two attached hydrogens (primary N) is 1. The Labute approximate surface area is 124 Å². The molecule has 0 unspecified atom stereocenters. The molecule has 0 amide bonds. The molecule has 0 aliphatic rings. The number of aromatic amines is 1. The van der Waals surface area contributed by atoms with E-state index in [2.05, 4.69) is 9.97 Å². The van der Waals surface area contributed by atoms with Crippen LogP contribution in [0.1, 0.15) is 11.1 Å².